The van der Waals surface area contributed by atoms with Crippen LogP contribution >= 0.6 is 0 Å². The molecule has 0 atom stereocenters. The van der Waals surface area contributed by atoms with E-state index in [0.717, 1.165) is 5.69 Å². The van der Waals surface area contributed by atoms with Crippen LogP contribution in [0.15, 0.2) is 24.3 Å². The molecule has 2 rings (SSSR count). The topological polar surface area (TPSA) is 83.3 Å². The zero-order chi connectivity index (χ0) is 17.0. The van der Waals surface area contributed by atoms with E-state index in [0.29, 0.717) is 65.9 Å². The third-order valence-electron chi connectivity index (χ3n) is 3.55. The van der Waals surface area contributed by atoms with Crippen LogP contribution in [0.3, 0.4) is 0 Å². The van der Waals surface area contributed by atoms with Crippen molar-refractivity contribution in [2.75, 3.05) is 70.8 Å². The van der Waals surface area contributed by atoms with Crippen LogP contribution in [0.2, 0.25) is 0 Å². The maximum atomic E-state index is 10.8. The Hall–Kier alpha value is -1.74. The fourth-order valence-electron chi connectivity index (χ4n) is 2.27. The van der Waals surface area contributed by atoms with Crippen molar-refractivity contribution in [3.63, 3.8) is 0 Å². The molecule has 0 saturated carbocycles. The maximum Gasteiger partial charge on any atom is 0.269 e. The van der Waals surface area contributed by atoms with Crippen molar-refractivity contribution in [3.8, 4) is 0 Å². The zero-order valence-corrected chi connectivity index (χ0v) is 13.7. The molecule has 1 fully saturated rings. The molecule has 0 aromatic heterocycles. The molecule has 8 heteroatoms. The number of nitro groups is 1. The van der Waals surface area contributed by atoms with E-state index in [1.807, 2.05) is 0 Å². The highest BCUT2D eigenvalue weighted by molar-refractivity contribution is 5.50. The Morgan fingerprint density at radius 2 is 1.17 bits per heavy atom. The number of benzene rings is 1. The first-order valence-electron chi connectivity index (χ1n) is 8.08. The number of non-ortho nitro benzene ring substituents is 1. The van der Waals surface area contributed by atoms with Gasteiger partial charge in [0.1, 0.15) is 0 Å². The molecule has 0 amide bonds. The van der Waals surface area contributed by atoms with Gasteiger partial charge in [-0.2, -0.15) is 0 Å². The van der Waals surface area contributed by atoms with Crippen LogP contribution in [0.1, 0.15) is 0 Å². The molecule has 0 bridgehead atoms. The number of hydrogen-bond acceptors (Lipinski definition) is 7. The van der Waals surface area contributed by atoms with Gasteiger partial charge in [-0.1, -0.05) is 0 Å². The van der Waals surface area contributed by atoms with E-state index < -0.39 is 4.92 Å². The van der Waals surface area contributed by atoms with E-state index in [2.05, 4.69) is 4.90 Å². The molecular formula is C16H24N2O6. The third kappa shape index (κ3) is 6.79. The highest BCUT2D eigenvalue weighted by atomic mass is 16.6. The molecule has 0 spiro atoms. The van der Waals surface area contributed by atoms with Crippen LogP contribution in [0.5, 0.6) is 0 Å². The summed E-state index contributed by atoms with van der Waals surface area (Å²) >= 11 is 0. The highest BCUT2D eigenvalue weighted by Gasteiger charge is 2.10. The van der Waals surface area contributed by atoms with Crippen LogP contribution in [-0.4, -0.2) is 70.9 Å². The Balaban J connectivity index is 1.91. The normalized spacial score (nSPS) is 19.2. The summed E-state index contributed by atoms with van der Waals surface area (Å²) in [6.07, 6.45) is 0. The maximum absolute atomic E-state index is 10.8. The first-order chi connectivity index (χ1) is 11.8. The summed E-state index contributed by atoms with van der Waals surface area (Å²) in [6, 6.07) is 6.51. The Bertz CT molecular complexity index is 466. The van der Waals surface area contributed by atoms with Crippen molar-refractivity contribution in [1.82, 2.24) is 0 Å². The van der Waals surface area contributed by atoms with E-state index >= 15 is 0 Å². The van der Waals surface area contributed by atoms with Gasteiger partial charge in [-0.25, -0.2) is 0 Å². The lowest BCUT2D eigenvalue weighted by atomic mass is 10.2. The summed E-state index contributed by atoms with van der Waals surface area (Å²) in [4.78, 5) is 12.4. The summed E-state index contributed by atoms with van der Waals surface area (Å²) in [5, 5.41) is 10.8. The monoisotopic (exact) mass is 340 g/mol. The summed E-state index contributed by atoms with van der Waals surface area (Å²) in [5.74, 6) is 0. The minimum Gasteiger partial charge on any atom is -0.377 e. The van der Waals surface area contributed by atoms with Crippen molar-refractivity contribution >= 4 is 11.4 Å². The highest BCUT2D eigenvalue weighted by Crippen LogP contribution is 2.19. The number of anilines is 1. The van der Waals surface area contributed by atoms with Gasteiger partial charge in [0.15, 0.2) is 0 Å². The molecule has 1 aliphatic rings. The molecular weight excluding hydrogens is 316 g/mol. The summed E-state index contributed by atoms with van der Waals surface area (Å²) in [5.41, 5.74) is 0.989. The van der Waals surface area contributed by atoms with Crippen molar-refractivity contribution in [2.45, 2.75) is 0 Å². The van der Waals surface area contributed by atoms with E-state index in [9.17, 15) is 10.1 Å². The molecule has 24 heavy (non-hydrogen) atoms. The Labute approximate surface area is 141 Å². The zero-order valence-electron chi connectivity index (χ0n) is 13.7. The second kappa shape index (κ2) is 10.9. The quantitative estimate of drug-likeness (QED) is 0.595. The van der Waals surface area contributed by atoms with E-state index in [1.165, 1.54) is 12.1 Å². The van der Waals surface area contributed by atoms with Crippen LogP contribution in [0.25, 0.3) is 0 Å². The van der Waals surface area contributed by atoms with Crippen LogP contribution in [0.4, 0.5) is 11.4 Å². The standard InChI is InChI=1S/C16H24N2O6/c19-18(20)16-3-1-15(2-4-16)17-5-7-21-9-11-23-13-14-24-12-10-22-8-6-17/h1-4H,5-14H2. The van der Waals surface area contributed by atoms with Crippen molar-refractivity contribution in [2.24, 2.45) is 0 Å². The Kier molecular flexibility index (Phi) is 8.47. The van der Waals surface area contributed by atoms with Crippen molar-refractivity contribution in [1.29, 1.82) is 0 Å². The number of nitro benzene ring substituents is 1. The smallest absolute Gasteiger partial charge is 0.269 e. The lowest BCUT2D eigenvalue weighted by Crippen LogP contribution is -2.31. The van der Waals surface area contributed by atoms with E-state index in [-0.39, 0.29) is 5.69 Å². The first kappa shape index (κ1) is 18.6. The van der Waals surface area contributed by atoms with Gasteiger partial charge in [0.2, 0.25) is 0 Å². The largest absolute Gasteiger partial charge is 0.377 e. The summed E-state index contributed by atoms with van der Waals surface area (Å²) in [6.45, 7) is 5.71. The summed E-state index contributed by atoms with van der Waals surface area (Å²) in [7, 11) is 0. The van der Waals surface area contributed by atoms with Crippen LogP contribution < -0.4 is 4.90 Å². The lowest BCUT2D eigenvalue weighted by molar-refractivity contribution is -0.384. The molecule has 8 nitrogen and oxygen atoms in total. The molecule has 0 radical (unpaired) electrons. The third-order valence-corrected chi connectivity index (χ3v) is 3.55. The van der Waals surface area contributed by atoms with E-state index in [1.54, 1.807) is 12.1 Å². The van der Waals surface area contributed by atoms with Crippen LogP contribution in [0, 0.1) is 10.1 Å². The van der Waals surface area contributed by atoms with Gasteiger partial charge in [-0.15, -0.1) is 0 Å². The Morgan fingerprint density at radius 3 is 1.58 bits per heavy atom. The minimum absolute atomic E-state index is 0.0823. The fraction of sp³-hybridized carbons (Fsp3) is 0.625. The predicted octanol–water partition coefficient (Wildman–Crippen LogP) is 1.48. The SMILES string of the molecule is O=[N+]([O-])c1ccc(N2CCOCCOCCOCCOCC2)cc1. The van der Waals surface area contributed by atoms with Gasteiger partial charge >= 0.3 is 0 Å². The van der Waals surface area contributed by atoms with Crippen LogP contribution in [-0.2, 0) is 18.9 Å². The predicted molar refractivity (Wildman–Crippen MR) is 88.6 cm³/mol. The Morgan fingerprint density at radius 1 is 0.750 bits per heavy atom. The minimum atomic E-state index is -0.401. The molecule has 1 aromatic carbocycles. The average molecular weight is 340 g/mol. The molecule has 0 unspecified atom stereocenters. The molecule has 0 N–H and O–H groups in total. The van der Waals surface area contributed by atoms with Gasteiger partial charge in [0.25, 0.3) is 5.69 Å². The number of rotatable bonds is 2. The number of hydrogen-bond donors (Lipinski definition) is 0. The van der Waals surface area contributed by atoms with Gasteiger partial charge in [0.05, 0.1) is 57.8 Å². The molecule has 134 valence electrons. The molecule has 1 aromatic rings. The molecule has 0 aliphatic carbocycles. The lowest BCUT2D eigenvalue weighted by Gasteiger charge is -2.24. The average Bonchev–Trinajstić information content (AvgIpc) is 2.60. The second-order valence-electron chi connectivity index (χ2n) is 5.21. The second-order valence-corrected chi connectivity index (χ2v) is 5.21. The number of nitrogens with zero attached hydrogens (tertiary/aromatic N) is 2. The van der Waals surface area contributed by atoms with Gasteiger partial charge in [0, 0.05) is 30.9 Å². The van der Waals surface area contributed by atoms with Gasteiger partial charge < -0.3 is 23.8 Å². The van der Waals surface area contributed by atoms with E-state index in [4.69, 9.17) is 18.9 Å². The fourth-order valence-corrected chi connectivity index (χ4v) is 2.27. The van der Waals surface area contributed by atoms with Crippen molar-refractivity contribution < 1.29 is 23.9 Å². The molecule has 1 heterocycles. The van der Waals surface area contributed by atoms with Crippen molar-refractivity contribution in [3.05, 3.63) is 34.4 Å². The van der Waals surface area contributed by atoms with Gasteiger partial charge in [-0.05, 0) is 12.1 Å². The van der Waals surface area contributed by atoms with Gasteiger partial charge in [-0.3, -0.25) is 10.1 Å². The molecule has 1 aliphatic heterocycles. The number of ether oxygens (including phenoxy) is 4. The first-order valence-corrected chi connectivity index (χ1v) is 8.08. The summed E-state index contributed by atoms with van der Waals surface area (Å²) < 4.78 is 21.9. The molecule has 1 saturated heterocycles.